The smallest absolute Gasteiger partial charge is 0.165 e. The van der Waals surface area contributed by atoms with Gasteiger partial charge in [0, 0.05) is 24.5 Å². The molecule has 2 aromatic rings. The summed E-state index contributed by atoms with van der Waals surface area (Å²) in [5.74, 6) is -0.258. The first-order chi connectivity index (χ1) is 10.7. The van der Waals surface area contributed by atoms with E-state index in [-0.39, 0.29) is 12.4 Å². The summed E-state index contributed by atoms with van der Waals surface area (Å²) in [5, 5.41) is 12.1. The van der Waals surface area contributed by atoms with Crippen molar-refractivity contribution in [1.82, 2.24) is 4.90 Å². The fourth-order valence-electron chi connectivity index (χ4n) is 2.11. The number of hydrogen-bond acceptors (Lipinski definition) is 4. The normalized spacial score (nSPS) is 12.3. The highest BCUT2D eigenvalue weighted by molar-refractivity contribution is 7.09. The molecule has 0 aliphatic carbocycles. The third kappa shape index (κ3) is 5.26. The Morgan fingerprint density at radius 3 is 2.82 bits per heavy atom. The molecule has 1 heterocycles. The maximum absolute atomic E-state index is 13.4. The van der Waals surface area contributed by atoms with Crippen LogP contribution in [0.3, 0.4) is 0 Å². The van der Waals surface area contributed by atoms with Crippen LogP contribution in [0, 0.1) is 5.82 Å². The van der Waals surface area contributed by atoms with Crippen LogP contribution in [0.1, 0.15) is 4.88 Å². The molecule has 0 saturated carbocycles. The molecule has 2 rings (SSSR count). The number of para-hydroxylation sites is 1. The minimum absolute atomic E-state index is 0.0546. The lowest BCUT2D eigenvalue weighted by Crippen LogP contribution is -2.35. The van der Waals surface area contributed by atoms with E-state index in [1.165, 1.54) is 10.9 Å². The van der Waals surface area contributed by atoms with E-state index in [0.29, 0.717) is 13.1 Å². The van der Waals surface area contributed by atoms with Crippen LogP contribution in [-0.4, -0.2) is 35.8 Å². The summed E-state index contributed by atoms with van der Waals surface area (Å²) in [6.07, 6.45) is 1.11. The molecule has 5 heteroatoms. The van der Waals surface area contributed by atoms with E-state index in [1.807, 2.05) is 11.4 Å². The number of hydrogen-bond donors (Lipinski definition) is 1. The van der Waals surface area contributed by atoms with Crippen molar-refractivity contribution in [2.24, 2.45) is 0 Å². The lowest BCUT2D eigenvalue weighted by molar-refractivity contribution is 0.0685. The van der Waals surface area contributed by atoms with Crippen molar-refractivity contribution in [2.45, 2.75) is 12.6 Å². The number of halogens is 1. The third-order valence-corrected chi connectivity index (χ3v) is 3.94. The van der Waals surface area contributed by atoms with Gasteiger partial charge in [0.2, 0.25) is 0 Å². The fourth-order valence-corrected chi connectivity index (χ4v) is 2.85. The molecular formula is C17H20FNO2S. The Balaban J connectivity index is 1.84. The van der Waals surface area contributed by atoms with Crippen molar-refractivity contribution in [2.75, 3.05) is 19.7 Å². The Labute approximate surface area is 134 Å². The molecule has 0 fully saturated rings. The van der Waals surface area contributed by atoms with Crippen molar-refractivity contribution < 1.29 is 14.2 Å². The van der Waals surface area contributed by atoms with E-state index in [1.54, 1.807) is 35.6 Å². The highest BCUT2D eigenvalue weighted by Gasteiger charge is 2.13. The first-order valence-electron chi connectivity index (χ1n) is 7.10. The monoisotopic (exact) mass is 321 g/mol. The topological polar surface area (TPSA) is 32.7 Å². The number of aliphatic hydroxyl groups excluding tert-OH is 1. The van der Waals surface area contributed by atoms with E-state index in [9.17, 15) is 9.50 Å². The fraction of sp³-hybridized carbons (Fsp3) is 0.294. The van der Waals surface area contributed by atoms with Crippen LogP contribution in [0.15, 0.2) is 54.4 Å². The van der Waals surface area contributed by atoms with Gasteiger partial charge >= 0.3 is 0 Å². The first kappa shape index (κ1) is 16.7. The third-order valence-electron chi connectivity index (χ3n) is 3.08. The van der Waals surface area contributed by atoms with Gasteiger partial charge < -0.3 is 9.84 Å². The number of thiophene rings is 1. The van der Waals surface area contributed by atoms with Crippen molar-refractivity contribution >= 4 is 11.3 Å². The molecule has 3 nitrogen and oxygen atoms in total. The van der Waals surface area contributed by atoms with Gasteiger partial charge in [-0.05, 0) is 23.6 Å². The predicted octanol–water partition coefficient (Wildman–Crippen LogP) is 3.32. The summed E-state index contributed by atoms with van der Waals surface area (Å²) in [6.45, 7) is 5.66. The zero-order chi connectivity index (χ0) is 15.8. The van der Waals surface area contributed by atoms with Crippen LogP contribution in [0.4, 0.5) is 4.39 Å². The van der Waals surface area contributed by atoms with Crippen molar-refractivity contribution in [3.05, 3.63) is 65.1 Å². The van der Waals surface area contributed by atoms with Gasteiger partial charge in [-0.3, -0.25) is 4.90 Å². The van der Waals surface area contributed by atoms with Gasteiger partial charge in [0.15, 0.2) is 11.6 Å². The summed E-state index contributed by atoms with van der Waals surface area (Å²) in [5.41, 5.74) is 0. The number of nitrogens with zero attached hydrogens (tertiary/aromatic N) is 1. The quantitative estimate of drug-likeness (QED) is 0.719. The molecule has 0 amide bonds. The van der Waals surface area contributed by atoms with Crippen LogP contribution < -0.4 is 4.74 Å². The summed E-state index contributed by atoms with van der Waals surface area (Å²) in [7, 11) is 0. The minimum Gasteiger partial charge on any atom is -0.488 e. The van der Waals surface area contributed by atoms with Crippen LogP contribution in [0.2, 0.25) is 0 Å². The molecule has 118 valence electrons. The molecule has 0 aliphatic heterocycles. The SMILES string of the molecule is C=CCN(Cc1cccs1)CC(O)COc1ccccc1F. The molecule has 22 heavy (non-hydrogen) atoms. The van der Waals surface area contributed by atoms with Crippen LogP contribution in [0.5, 0.6) is 5.75 Å². The molecule has 1 unspecified atom stereocenters. The van der Waals surface area contributed by atoms with Crippen LogP contribution in [0.25, 0.3) is 0 Å². The zero-order valence-corrected chi connectivity index (χ0v) is 13.1. The summed E-state index contributed by atoms with van der Waals surface area (Å²) in [4.78, 5) is 3.30. The van der Waals surface area contributed by atoms with E-state index >= 15 is 0 Å². The second kappa shape index (κ2) is 8.68. The van der Waals surface area contributed by atoms with Gasteiger partial charge in [0.25, 0.3) is 0 Å². The number of rotatable bonds is 9. The highest BCUT2D eigenvalue weighted by atomic mass is 32.1. The van der Waals surface area contributed by atoms with Gasteiger partial charge in [-0.1, -0.05) is 24.3 Å². The molecule has 1 aromatic carbocycles. The molecular weight excluding hydrogens is 301 g/mol. The Bertz CT molecular complexity index is 574. The second-order valence-corrected chi connectivity index (χ2v) is 5.99. The van der Waals surface area contributed by atoms with Gasteiger partial charge in [0.05, 0.1) is 0 Å². The zero-order valence-electron chi connectivity index (χ0n) is 12.3. The number of ether oxygens (including phenoxy) is 1. The molecule has 1 atom stereocenters. The van der Waals surface area contributed by atoms with Crippen LogP contribution in [-0.2, 0) is 6.54 Å². The maximum atomic E-state index is 13.4. The largest absolute Gasteiger partial charge is 0.488 e. The maximum Gasteiger partial charge on any atom is 0.165 e. The molecule has 1 N–H and O–H groups in total. The lowest BCUT2D eigenvalue weighted by Gasteiger charge is -2.23. The molecule has 0 saturated heterocycles. The Morgan fingerprint density at radius 2 is 2.14 bits per heavy atom. The molecule has 0 bridgehead atoms. The van der Waals surface area contributed by atoms with E-state index in [0.717, 1.165) is 6.54 Å². The van der Waals surface area contributed by atoms with Crippen molar-refractivity contribution in [3.8, 4) is 5.75 Å². The Kier molecular flexibility index (Phi) is 6.58. The summed E-state index contributed by atoms with van der Waals surface area (Å²) < 4.78 is 18.8. The average molecular weight is 321 g/mol. The average Bonchev–Trinajstić information content (AvgIpc) is 2.99. The molecule has 0 spiro atoms. The van der Waals surface area contributed by atoms with Crippen LogP contribution >= 0.6 is 11.3 Å². The number of benzene rings is 1. The first-order valence-corrected chi connectivity index (χ1v) is 7.98. The lowest BCUT2D eigenvalue weighted by atomic mass is 10.3. The van der Waals surface area contributed by atoms with Gasteiger partial charge in [-0.2, -0.15) is 0 Å². The Hall–Kier alpha value is -1.69. The summed E-state index contributed by atoms with van der Waals surface area (Å²) in [6, 6.07) is 10.3. The van der Waals surface area contributed by atoms with Gasteiger partial charge in [-0.15, -0.1) is 17.9 Å². The van der Waals surface area contributed by atoms with Crippen molar-refractivity contribution in [3.63, 3.8) is 0 Å². The van der Waals surface area contributed by atoms with Gasteiger partial charge in [0.1, 0.15) is 12.7 Å². The standard InChI is InChI=1S/C17H20FNO2S/c1-2-9-19(12-15-6-5-10-22-15)11-14(20)13-21-17-8-4-3-7-16(17)18/h2-8,10,14,20H,1,9,11-13H2. The van der Waals surface area contributed by atoms with Gasteiger partial charge in [-0.25, -0.2) is 4.39 Å². The van der Waals surface area contributed by atoms with E-state index in [2.05, 4.69) is 17.5 Å². The van der Waals surface area contributed by atoms with E-state index in [4.69, 9.17) is 4.74 Å². The predicted molar refractivity (Wildman–Crippen MR) is 87.7 cm³/mol. The molecule has 0 radical (unpaired) electrons. The highest BCUT2D eigenvalue weighted by Crippen LogP contribution is 2.16. The summed E-state index contributed by atoms with van der Waals surface area (Å²) >= 11 is 1.68. The molecule has 1 aromatic heterocycles. The molecule has 0 aliphatic rings. The Morgan fingerprint density at radius 1 is 1.32 bits per heavy atom. The minimum atomic E-state index is -0.695. The second-order valence-electron chi connectivity index (χ2n) is 4.96. The van der Waals surface area contributed by atoms with Crippen molar-refractivity contribution in [1.29, 1.82) is 0 Å². The van der Waals surface area contributed by atoms with E-state index < -0.39 is 11.9 Å². The number of aliphatic hydroxyl groups is 1.